The summed E-state index contributed by atoms with van der Waals surface area (Å²) in [5.41, 5.74) is 3.41. The van der Waals surface area contributed by atoms with Crippen LogP contribution < -0.4 is 4.74 Å². The van der Waals surface area contributed by atoms with Crippen LogP contribution in [-0.4, -0.2) is 47.4 Å². The van der Waals surface area contributed by atoms with E-state index in [0.29, 0.717) is 13.2 Å². The fourth-order valence-corrected chi connectivity index (χ4v) is 3.61. The number of aliphatic carboxylic acids is 1. The number of para-hydroxylation sites is 1. The lowest BCUT2D eigenvalue weighted by atomic mass is 10.0. The number of benzene rings is 2. The van der Waals surface area contributed by atoms with E-state index in [-0.39, 0.29) is 12.6 Å². The molecule has 142 valence electrons. The van der Waals surface area contributed by atoms with Crippen molar-refractivity contribution in [1.82, 2.24) is 4.90 Å². The highest BCUT2D eigenvalue weighted by Crippen LogP contribution is 2.36. The molecule has 1 aliphatic carbocycles. The maximum Gasteiger partial charge on any atom is 0.328 e. The predicted molar refractivity (Wildman–Crippen MR) is 105 cm³/mol. The lowest BCUT2D eigenvalue weighted by Crippen LogP contribution is -2.34. The van der Waals surface area contributed by atoms with Crippen LogP contribution in [0.15, 0.2) is 54.6 Å². The quantitative estimate of drug-likeness (QED) is 0.667. The second-order valence-corrected chi connectivity index (χ2v) is 6.61. The SMILES string of the molecule is O=C(O)/C=C/c1ccc2c(c1)CC[C@H]2N(CCO)CCOc1ccccc1. The summed E-state index contributed by atoms with van der Waals surface area (Å²) in [5.74, 6) is -0.0935. The van der Waals surface area contributed by atoms with Gasteiger partial charge in [-0.15, -0.1) is 0 Å². The van der Waals surface area contributed by atoms with Gasteiger partial charge < -0.3 is 14.9 Å². The van der Waals surface area contributed by atoms with E-state index in [1.807, 2.05) is 36.4 Å². The second kappa shape index (κ2) is 9.35. The number of carbonyl (C=O) groups is 1. The molecule has 0 amide bonds. The molecular weight excluding hydrogens is 342 g/mol. The van der Waals surface area contributed by atoms with Gasteiger partial charge in [-0.05, 0) is 47.7 Å². The standard InChI is InChI=1S/C22H25NO4/c24-14-12-23(13-15-27-19-4-2-1-3-5-19)21-10-8-18-16-17(6-9-20(18)21)7-11-22(25)26/h1-7,9,11,16,21,24H,8,10,12-15H2,(H,25,26)/b11-7+/t21-/m1/s1. The third kappa shape index (κ3) is 5.18. The lowest BCUT2D eigenvalue weighted by molar-refractivity contribution is -0.131. The number of ether oxygens (including phenoxy) is 1. The molecule has 2 aromatic carbocycles. The molecule has 1 atom stereocenters. The molecule has 0 aromatic heterocycles. The van der Waals surface area contributed by atoms with Crippen molar-refractivity contribution in [2.45, 2.75) is 18.9 Å². The first-order valence-corrected chi connectivity index (χ1v) is 9.24. The minimum Gasteiger partial charge on any atom is -0.492 e. The van der Waals surface area contributed by atoms with Gasteiger partial charge in [0.1, 0.15) is 12.4 Å². The number of carboxylic acid groups (broad SMARTS) is 1. The molecule has 0 spiro atoms. The molecule has 2 aromatic rings. The Balaban J connectivity index is 1.66. The van der Waals surface area contributed by atoms with E-state index >= 15 is 0 Å². The Hall–Kier alpha value is -2.63. The Labute approximate surface area is 159 Å². The third-order valence-corrected chi connectivity index (χ3v) is 4.85. The summed E-state index contributed by atoms with van der Waals surface area (Å²) in [7, 11) is 0. The number of aryl methyl sites for hydroxylation is 1. The molecule has 3 rings (SSSR count). The normalized spacial score (nSPS) is 16.0. The molecular formula is C22H25NO4. The summed E-state index contributed by atoms with van der Waals surface area (Å²) in [6.45, 7) is 2.01. The molecule has 5 heteroatoms. The molecule has 0 unspecified atom stereocenters. The maximum absolute atomic E-state index is 10.7. The highest BCUT2D eigenvalue weighted by atomic mass is 16.5. The van der Waals surface area contributed by atoms with E-state index < -0.39 is 5.97 Å². The van der Waals surface area contributed by atoms with E-state index in [1.54, 1.807) is 6.08 Å². The Morgan fingerprint density at radius 2 is 2.00 bits per heavy atom. The zero-order valence-corrected chi connectivity index (χ0v) is 15.3. The van der Waals surface area contributed by atoms with Crippen LogP contribution in [0.2, 0.25) is 0 Å². The predicted octanol–water partition coefficient (Wildman–Crippen LogP) is 3.15. The highest BCUT2D eigenvalue weighted by molar-refractivity contribution is 5.85. The van der Waals surface area contributed by atoms with Crippen molar-refractivity contribution in [1.29, 1.82) is 0 Å². The smallest absolute Gasteiger partial charge is 0.328 e. The molecule has 0 aliphatic heterocycles. The minimum absolute atomic E-state index is 0.108. The number of hydrogen-bond donors (Lipinski definition) is 2. The van der Waals surface area contributed by atoms with E-state index in [0.717, 1.165) is 36.8 Å². The number of hydrogen-bond acceptors (Lipinski definition) is 4. The number of aliphatic hydroxyl groups is 1. The zero-order chi connectivity index (χ0) is 19.1. The second-order valence-electron chi connectivity index (χ2n) is 6.61. The van der Waals surface area contributed by atoms with Gasteiger partial charge in [-0.2, -0.15) is 0 Å². The Kier molecular flexibility index (Phi) is 6.63. The summed E-state index contributed by atoms with van der Waals surface area (Å²) < 4.78 is 5.82. The van der Waals surface area contributed by atoms with E-state index in [9.17, 15) is 9.90 Å². The van der Waals surface area contributed by atoms with Crippen molar-refractivity contribution >= 4 is 12.0 Å². The Morgan fingerprint density at radius 1 is 1.19 bits per heavy atom. The van der Waals surface area contributed by atoms with Gasteiger partial charge in [0.15, 0.2) is 0 Å². The van der Waals surface area contributed by atoms with Gasteiger partial charge in [0.05, 0.1) is 6.61 Å². The average molecular weight is 367 g/mol. The number of aliphatic hydroxyl groups excluding tert-OH is 1. The van der Waals surface area contributed by atoms with Crippen molar-refractivity contribution in [2.24, 2.45) is 0 Å². The highest BCUT2D eigenvalue weighted by Gasteiger charge is 2.27. The summed E-state index contributed by atoms with van der Waals surface area (Å²) in [6, 6.07) is 16.1. The summed E-state index contributed by atoms with van der Waals surface area (Å²) in [6.07, 6.45) is 4.73. The van der Waals surface area contributed by atoms with E-state index in [2.05, 4.69) is 17.0 Å². The number of nitrogens with zero attached hydrogens (tertiary/aromatic N) is 1. The maximum atomic E-state index is 10.7. The van der Waals surface area contributed by atoms with Gasteiger partial charge in [-0.25, -0.2) is 4.79 Å². The average Bonchev–Trinajstić information content (AvgIpc) is 3.09. The molecule has 0 radical (unpaired) electrons. The molecule has 0 fully saturated rings. The molecule has 5 nitrogen and oxygen atoms in total. The molecule has 27 heavy (non-hydrogen) atoms. The number of rotatable bonds is 9. The van der Waals surface area contributed by atoms with Crippen LogP contribution in [0, 0.1) is 0 Å². The van der Waals surface area contributed by atoms with Crippen LogP contribution in [0.25, 0.3) is 6.08 Å². The van der Waals surface area contributed by atoms with Crippen LogP contribution >= 0.6 is 0 Å². The van der Waals surface area contributed by atoms with Crippen molar-refractivity contribution in [2.75, 3.05) is 26.3 Å². The summed E-state index contributed by atoms with van der Waals surface area (Å²) in [4.78, 5) is 13.0. The zero-order valence-electron chi connectivity index (χ0n) is 15.3. The van der Waals surface area contributed by atoms with Gasteiger partial charge in [0.2, 0.25) is 0 Å². The van der Waals surface area contributed by atoms with E-state index in [1.165, 1.54) is 11.1 Å². The van der Waals surface area contributed by atoms with Crippen LogP contribution in [0.3, 0.4) is 0 Å². The van der Waals surface area contributed by atoms with Gasteiger partial charge >= 0.3 is 5.97 Å². The molecule has 0 bridgehead atoms. The van der Waals surface area contributed by atoms with Crippen molar-refractivity contribution in [3.05, 3.63) is 71.3 Å². The topological polar surface area (TPSA) is 70.0 Å². The van der Waals surface area contributed by atoms with Crippen molar-refractivity contribution in [3.8, 4) is 5.75 Å². The fourth-order valence-electron chi connectivity index (χ4n) is 3.61. The van der Waals surface area contributed by atoms with Gasteiger partial charge in [-0.3, -0.25) is 4.90 Å². The van der Waals surface area contributed by atoms with Crippen LogP contribution in [-0.2, 0) is 11.2 Å². The molecule has 0 saturated carbocycles. The van der Waals surface area contributed by atoms with Gasteiger partial charge in [0, 0.05) is 25.2 Å². The van der Waals surface area contributed by atoms with Crippen molar-refractivity contribution in [3.63, 3.8) is 0 Å². The number of carboxylic acids is 1. The molecule has 1 aliphatic rings. The lowest BCUT2D eigenvalue weighted by Gasteiger charge is -2.29. The molecule has 2 N–H and O–H groups in total. The first-order valence-electron chi connectivity index (χ1n) is 9.24. The van der Waals surface area contributed by atoms with E-state index in [4.69, 9.17) is 9.84 Å². The van der Waals surface area contributed by atoms with Crippen molar-refractivity contribution < 1.29 is 19.7 Å². The fraction of sp³-hybridized carbons (Fsp3) is 0.318. The summed E-state index contributed by atoms with van der Waals surface area (Å²) >= 11 is 0. The largest absolute Gasteiger partial charge is 0.492 e. The Bertz CT molecular complexity index is 788. The first-order chi connectivity index (χ1) is 13.2. The van der Waals surface area contributed by atoms with Crippen LogP contribution in [0.1, 0.15) is 29.2 Å². The number of fused-ring (bicyclic) bond motifs is 1. The molecule has 0 saturated heterocycles. The van der Waals surface area contributed by atoms with Gasteiger partial charge in [-0.1, -0.05) is 36.4 Å². The van der Waals surface area contributed by atoms with Crippen LogP contribution in [0.5, 0.6) is 5.75 Å². The Morgan fingerprint density at radius 3 is 2.74 bits per heavy atom. The first kappa shape index (κ1) is 19.1. The van der Waals surface area contributed by atoms with Gasteiger partial charge in [0.25, 0.3) is 0 Å². The monoisotopic (exact) mass is 367 g/mol. The third-order valence-electron chi connectivity index (χ3n) is 4.85. The minimum atomic E-state index is -0.944. The summed E-state index contributed by atoms with van der Waals surface area (Å²) in [5, 5.41) is 18.3. The molecule has 0 heterocycles. The van der Waals surface area contributed by atoms with Crippen LogP contribution in [0.4, 0.5) is 0 Å².